The van der Waals surface area contributed by atoms with Gasteiger partial charge in [-0.25, -0.2) is 0 Å². The highest BCUT2D eigenvalue weighted by molar-refractivity contribution is 8.13. The van der Waals surface area contributed by atoms with Gasteiger partial charge in [-0.1, -0.05) is 11.8 Å². The van der Waals surface area contributed by atoms with E-state index in [1.807, 2.05) is 6.26 Å². The highest BCUT2D eigenvalue weighted by atomic mass is 32.2. The van der Waals surface area contributed by atoms with E-state index in [4.69, 9.17) is 0 Å². The predicted molar refractivity (Wildman–Crippen MR) is 49.8 cm³/mol. The number of nitrogens with zero attached hydrogens (tertiary/aromatic N) is 1. The second-order valence-corrected chi connectivity index (χ2v) is 3.90. The van der Waals surface area contributed by atoms with Gasteiger partial charge in [-0.15, -0.1) is 0 Å². The van der Waals surface area contributed by atoms with Crippen LogP contribution in [0.5, 0.6) is 0 Å². The third-order valence-corrected chi connectivity index (χ3v) is 1.55. The molecule has 0 saturated heterocycles. The Morgan fingerprint density at radius 3 is 2.00 bits per heavy atom. The first-order valence-corrected chi connectivity index (χ1v) is 4.51. The van der Waals surface area contributed by atoms with E-state index < -0.39 is 0 Å². The lowest BCUT2D eigenvalue weighted by atomic mass is 10.1. The predicted octanol–water partition coefficient (Wildman–Crippen LogP) is 1.72. The molecular formula is C7H16N2S. The van der Waals surface area contributed by atoms with Crippen LogP contribution in [0.1, 0.15) is 20.8 Å². The van der Waals surface area contributed by atoms with Crippen molar-refractivity contribution in [2.24, 2.45) is 4.99 Å². The summed E-state index contributed by atoms with van der Waals surface area (Å²) < 4.78 is 0. The molecule has 0 aliphatic rings. The molecule has 0 unspecified atom stereocenters. The molecule has 0 amide bonds. The van der Waals surface area contributed by atoms with Gasteiger partial charge in [0, 0.05) is 12.6 Å². The SMILES string of the molecule is C/N=C(/NC(C)(C)C)SC. The van der Waals surface area contributed by atoms with Crippen molar-refractivity contribution in [3.05, 3.63) is 0 Å². The van der Waals surface area contributed by atoms with Gasteiger partial charge in [0.25, 0.3) is 0 Å². The van der Waals surface area contributed by atoms with Crippen molar-refractivity contribution in [1.29, 1.82) is 0 Å². The summed E-state index contributed by atoms with van der Waals surface area (Å²) in [5.74, 6) is 0. The van der Waals surface area contributed by atoms with Crippen LogP contribution in [0, 0.1) is 0 Å². The van der Waals surface area contributed by atoms with Crippen molar-refractivity contribution >= 4 is 16.9 Å². The van der Waals surface area contributed by atoms with E-state index in [2.05, 4.69) is 31.1 Å². The first-order chi connectivity index (χ1) is 4.49. The average molecular weight is 160 g/mol. The molecule has 0 atom stereocenters. The molecule has 0 bridgehead atoms. The standard InChI is InChI=1S/C7H16N2S/c1-7(2,3)9-6(8-4)10-5/h1-5H3,(H,8,9). The maximum absolute atomic E-state index is 4.06. The highest BCUT2D eigenvalue weighted by Gasteiger charge is 2.10. The fourth-order valence-corrected chi connectivity index (χ4v) is 1.11. The van der Waals surface area contributed by atoms with E-state index in [0.29, 0.717) is 0 Å². The second-order valence-electron chi connectivity index (χ2n) is 3.11. The largest absolute Gasteiger partial charge is 0.360 e. The minimum absolute atomic E-state index is 0.123. The number of aliphatic imine (C=N–C) groups is 1. The van der Waals surface area contributed by atoms with E-state index in [-0.39, 0.29) is 5.54 Å². The Kier molecular flexibility index (Phi) is 3.79. The monoisotopic (exact) mass is 160 g/mol. The molecule has 0 fully saturated rings. The van der Waals surface area contributed by atoms with Gasteiger partial charge < -0.3 is 5.32 Å². The van der Waals surface area contributed by atoms with Crippen molar-refractivity contribution in [1.82, 2.24) is 5.32 Å². The summed E-state index contributed by atoms with van der Waals surface area (Å²) in [6.45, 7) is 6.36. The summed E-state index contributed by atoms with van der Waals surface area (Å²) in [6.07, 6.45) is 2.01. The van der Waals surface area contributed by atoms with Crippen molar-refractivity contribution in [3.8, 4) is 0 Å². The molecule has 10 heavy (non-hydrogen) atoms. The minimum Gasteiger partial charge on any atom is -0.360 e. The van der Waals surface area contributed by atoms with Crippen LogP contribution in [-0.2, 0) is 0 Å². The molecular weight excluding hydrogens is 144 g/mol. The lowest BCUT2D eigenvalue weighted by Gasteiger charge is -2.21. The van der Waals surface area contributed by atoms with Gasteiger partial charge in [0.05, 0.1) is 0 Å². The topological polar surface area (TPSA) is 24.4 Å². The lowest BCUT2D eigenvalue weighted by molar-refractivity contribution is 0.515. The number of hydrogen-bond donors (Lipinski definition) is 1. The Morgan fingerprint density at radius 1 is 1.40 bits per heavy atom. The van der Waals surface area contributed by atoms with Crippen LogP contribution < -0.4 is 5.32 Å². The average Bonchev–Trinajstić information content (AvgIpc) is 1.81. The number of amidine groups is 1. The maximum Gasteiger partial charge on any atom is 0.156 e. The summed E-state index contributed by atoms with van der Waals surface area (Å²) in [4.78, 5) is 4.06. The summed E-state index contributed by atoms with van der Waals surface area (Å²) in [5, 5.41) is 4.26. The van der Waals surface area contributed by atoms with Crippen LogP contribution in [0.3, 0.4) is 0 Å². The fraction of sp³-hybridized carbons (Fsp3) is 0.857. The van der Waals surface area contributed by atoms with E-state index in [9.17, 15) is 0 Å². The van der Waals surface area contributed by atoms with Gasteiger partial charge in [-0.3, -0.25) is 4.99 Å². The van der Waals surface area contributed by atoms with Crippen molar-refractivity contribution < 1.29 is 0 Å². The molecule has 0 spiro atoms. The van der Waals surface area contributed by atoms with Crippen molar-refractivity contribution in [3.63, 3.8) is 0 Å². The van der Waals surface area contributed by atoms with Crippen LogP contribution >= 0.6 is 11.8 Å². The summed E-state index contributed by atoms with van der Waals surface area (Å²) in [5.41, 5.74) is 0.123. The molecule has 0 radical (unpaired) electrons. The summed E-state index contributed by atoms with van der Waals surface area (Å²) in [7, 11) is 1.80. The summed E-state index contributed by atoms with van der Waals surface area (Å²) >= 11 is 1.64. The third-order valence-electron chi connectivity index (χ3n) is 0.878. The van der Waals surface area contributed by atoms with Crippen LogP contribution in [0.2, 0.25) is 0 Å². The van der Waals surface area contributed by atoms with Crippen molar-refractivity contribution in [2.45, 2.75) is 26.3 Å². The molecule has 60 valence electrons. The van der Waals surface area contributed by atoms with Gasteiger partial charge in [0.15, 0.2) is 5.17 Å². The fourth-order valence-electron chi connectivity index (χ4n) is 0.519. The normalized spacial score (nSPS) is 13.5. The molecule has 0 saturated carbocycles. The number of thioether (sulfide) groups is 1. The van der Waals surface area contributed by atoms with Crippen LogP contribution in [0.15, 0.2) is 4.99 Å². The molecule has 0 aromatic carbocycles. The van der Waals surface area contributed by atoms with E-state index >= 15 is 0 Å². The summed E-state index contributed by atoms with van der Waals surface area (Å²) in [6, 6.07) is 0. The lowest BCUT2D eigenvalue weighted by Crippen LogP contribution is -2.39. The van der Waals surface area contributed by atoms with Crippen LogP contribution in [-0.4, -0.2) is 24.0 Å². The number of nitrogens with one attached hydrogen (secondary N) is 1. The molecule has 0 aromatic rings. The first-order valence-electron chi connectivity index (χ1n) is 3.28. The first kappa shape index (κ1) is 9.82. The van der Waals surface area contributed by atoms with Gasteiger partial charge >= 0.3 is 0 Å². The zero-order chi connectivity index (χ0) is 8.20. The van der Waals surface area contributed by atoms with Gasteiger partial charge in [0.2, 0.25) is 0 Å². The molecule has 3 heteroatoms. The number of hydrogen-bond acceptors (Lipinski definition) is 2. The van der Waals surface area contributed by atoms with Crippen molar-refractivity contribution in [2.75, 3.05) is 13.3 Å². The third kappa shape index (κ3) is 4.68. The van der Waals surface area contributed by atoms with E-state index in [1.165, 1.54) is 0 Å². The zero-order valence-electron chi connectivity index (χ0n) is 7.36. The quantitative estimate of drug-likeness (QED) is 0.431. The molecule has 0 heterocycles. The van der Waals surface area contributed by atoms with E-state index in [1.54, 1.807) is 18.8 Å². The van der Waals surface area contributed by atoms with Crippen LogP contribution in [0.25, 0.3) is 0 Å². The molecule has 0 aliphatic carbocycles. The Bertz CT molecular complexity index is 124. The van der Waals surface area contributed by atoms with Gasteiger partial charge in [-0.05, 0) is 27.0 Å². The Hall–Kier alpha value is -0.180. The minimum atomic E-state index is 0.123. The molecule has 1 N–H and O–H groups in total. The van der Waals surface area contributed by atoms with Crippen LogP contribution in [0.4, 0.5) is 0 Å². The Labute approximate surface area is 67.5 Å². The van der Waals surface area contributed by atoms with Gasteiger partial charge in [0.1, 0.15) is 0 Å². The van der Waals surface area contributed by atoms with Gasteiger partial charge in [-0.2, -0.15) is 0 Å². The Balaban J connectivity index is 3.88. The smallest absolute Gasteiger partial charge is 0.156 e. The molecule has 0 aromatic heterocycles. The molecule has 2 nitrogen and oxygen atoms in total. The second kappa shape index (κ2) is 3.86. The zero-order valence-corrected chi connectivity index (χ0v) is 8.17. The van der Waals surface area contributed by atoms with E-state index in [0.717, 1.165) is 5.17 Å². The number of rotatable bonds is 0. The molecule has 0 aliphatic heterocycles. The molecule has 0 rings (SSSR count). The Morgan fingerprint density at radius 2 is 1.90 bits per heavy atom. The highest BCUT2D eigenvalue weighted by Crippen LogP contribution is 2.03. The maximum atomic E-state index is 4.06.